The van der Waals surface area contributed by atoms with Gasteiger partial charge in [0.1, 0.15) is 0 Å². The SMILES string of the molecule is CC1(C)CC(NC(=O)C2CC(C)(C)N(O)C(C)(C)C2)CC(C)(C)N1O. The summed E-state index contributed by atoms with van der Waals surface area (Å²) in [6, 6.07) is 0.0410. The van der Waals surface area contributed by atoms with Gasteiger partial charge in [-0.3, -0.25) is 4.79 Å². The first-order valence-corrected chi connectivity index (χ1v) is 9.37. The van der Waals surface area contributed by atoms with Crippen LogP contribution in [0.4, 0.5) is 0 Å². The maximum Gasteiger partial charge on any atom is 0.223 e. The maximum atomic E-state index is 13.0. The molecule has 0 spiro atoms. The quantitative estimate of drug-likeness (QED) is 0.709. The highest BCUT2D eigenvalue weighted by molar-refractivity contribution is 5.79. The van der Waals surface area contributed by atoms with Crippen LogP contribution in [0, 0.1) is 5.92 Å². The molecule has 146 valence electrons. The zero-order chi connectivity index (χ0) is 19.4. The third-order valence-corrected chi connectivity index (χ3v) is 5.99. The van der Waals surface area contributed by atoms with Gasteiger partial charge >= 0.3 is 0 Å². The number of nitrogens with zero attached hydrogens (tertiary/aromatic N) is 2. The van der Waals surface area contributed by atoms with Gasteiger partial charge in [0.25, 0.3) is 0 Å². The fraction of sp³-hybridized carbons (Fsp3) is 0.947. The van der Waals surface area contributed by atoms with E-state index in [0.29, 0.717) is 25.7 Å². The number of amides is 1. The number of nitrogens with one attached hydrogen (secondary N) is 1. The van der Waals surface area contributed by atoms with Gasteiger partial charge in [0.05, 0.1) is 0 Å². The molecule has 0 atom stereocenters. The highest BCUT2D eigenvalue weighted by Crippen LogP contribution is 2.41. The first-order chi connectivity index (χ1) is 11.1. The summed E-state index contributed by atoms with van der Waals surface area (Å²) in [4.78, 5) is 13.0. The summed E-state index contributed by atoms with van der Waals surface area (Å²) >= 11 is 0. The topological polar surface area (TPSA) is 76.0 Å². The molecule has 2 aliphatic rings. The van der Waals surface area contributed by atoms with Crippen LogP contribution in [0.15, 0.2) is 0 Å². The summed E-state index contributed by atoms with van der Waals surface area (Å²) in [5.74, 6) is -0.0518. The Kier molecular flexibility index (Phi) is 5.10. The molecule has 0 radical (unpaired) electrons. The largest absolute Gasteiger partial charge is 0.353 e. The number of rotatable bonds is 2. The van der Waals surface area contributed by atoms with Crippen LogP contribution < -0.4 is 5.32 Å². The maximum absolute atomic E-state index is 13.0. The molecule has 0 aromatic carbocycles. The summed E-state index contributed by atoms with van der Waals surface area (Å²) in [5, 5.41) is 26.9. The summed E-state index contributed by atoms with van der Waals surface area (Å²) in [6.07, 6.45) is 2.68. The van der Waals surface area contributed by atoms with Crippen molar-refractivity contribution in [3.05, 3.63) is 0 Å². The van der Waals surface area contributed by atoms with E-state index in [-0.39, 0.29) is 28.9 Å². The Morgan fingerprint density at radius 3 is 1.44 bits per heavy atom. The van der Waals surface area contributed by atoms with E-state index in [2.05, 4.69) is 5.32 Å². The molecule has 6 nitrogen and oxygen atoms in total. The van der Waals surface area contributed by atoms with Gasteiger partial charge in [-0.15, -0.1) is 0 Å². The van der Waals surface area contributed by atoms with Crippen molar-refractivity contribution in [2.24, 2.45) is 5.92 Å². The van der Waals surface area contributed by atoms with Gasteiger partial charge in [-0.25, -0.2) is 0 Å². The van der Waals surface area contributed by atoms with E-state index in [1.165, 1.54) is 10.1 Å². The van der Waals surface area contributed by atoms with Crippen LogP contribution in [-0.4, -0.2) is 54.6 Å². The molecule has 25 heavy (non-hydrogen) atoms. The number of hydrogen-bond donors (Lipinski definition) is 3. The van der Waals surface area contributed by atoms with Crippen molar-refractivity contribution in [3.8, 4) is 0 Å². The van der Waals surface area contributed by atoms with Crippen LogP contribution in [0.1, 0.15) is 81.1 Å². The molecular weight excluding hydrogens is 318 g/mol. The van der Waals surface area contributed by atoms with Crippen molar-refractivity contribution in [1.29, 1.82) is 0 Å². The zero-order valence-electron chi connectivity index (χ0n) is 17.2. The molecule has 0 unspecified atom stereocenters. The molecule has 0 aromatic rings. The zero-order valence-corrected chi connectivity index (χ0v) is 17.2. The molecule has 2 rings (SSSR count). The van der Waals surface area contributed by atoms with E-state index in [9.17, 15) is 15.2 Å². The van der Waals surface area contributed by atoms with Gasteiger partial charge in [-0.2, -0.15) is 10.1 Å². The molecule has 0 saturated carbocycles. The summed E-state index contributed by atoms with van der Waals surface area (Å²) in [5.41, 5.74) is -1.63. The molecular formula is C19H37N3O3. The van der Waals surface area contributed by atoms with Crippen molar-refractivity contribution in [2.45, 2.75) is 109 Å². The summed E-state index contributed by atoms with van der Waals surface area (Å²) in [7, 11) is 0. The Morgan fingerprint density at radius 1 is 0.760 bits per heavy atom. The van der Waals surface area contributed by atoms with Gasteiger partial charge in [-0.05, 0) is 81.1 Å². The number of piperidine rings is 2. The van der Waals surface area contributed by atoms with Crippen LogP contribution in [0.3, 0.4) is 0 Å². The molecule has 1 amide bonds. The number of hydroxylamine groups is 4. The van der Waals surface area contributed by atoms with E-state index in [1.54, 1.807) is 0 Å². The lowest BCUT2D eigenvalue weighted by Gasteiger charge is -2.53. The first kappa shape index (κ1) is 20.6. The lowest BCUT2D eigenvalue weighted by molar-refractivity contribution is -0.251. The van der Waals surface area contributed by atoms with Crippen LogP contribution in [0.2, 0.25) is 0 Å². The van der Waals surface area contributed by atoms with Crippen LogP contribution in [0.25, 0.3) is 0 Å². The lowest BCUT2D eigenvalue weighted by atomic mass is 9.74. The molecule has 2 fully saturated rings. The Morgan fingerprint density at radius 2 is 1.08 bits per heavy atom. The average Bonchev–Trinajstić information content (AvgIpc) is 2.40. The van der Waals surface area contributed by atoms with E-state index in [1.807, 2.05) is 55.4 Å². The second-order valence-electron chi connectivity index (χ2n) is 10.6. The minimum absolute atomic E-state index is 0.0410. The minimum Gasteiger partial charge on any atom is -0.353 e. The second-order valence-corrected chi connectivity index (χ2v) is 10.6. The highest BCUT2D eigenvalue weighted by Gasteiger charge is 2.49. The monoisotopic (exact) mass is 355 g/mol. The molecule has 2 heterocycles. The molecule has 2 aliphatic heterocycles. The fourth-order valence-electron chi connectivity index (χ4n) is 5.15. The van der Waals surface area contributed by atoms with E-state index < -0.39 is 11.1 Å². The molecule has 0 aliphatic carbocycles. The number of carbonyl (C=O) groups is 1. The second kappa shape index (κ2) is 6.19. The highest BCUT2D eigenvalue weighted by atomic mass is 16.5. The molecule has 0 bridgehead atoms. The average molecular weight is 356 g/mol. The Balaban J connectivity index is 2.10. The Bertz CT molecular complexity index is 492. The standard InChI is InChI=1S/C19H37N3O3/c1-16(2)9-13(10-17(3,4)21(16)24)15(23)20-14-11-18(5,6)22(25)19(7,8)12-14/h13-14,24-25H,9-12H2,1-8H3,(H,20,23). The van der Waals surface area contributed by atoms with Gasteiger partial charge < -0.3 is 15.7 Å². The fourth-order valence-corrected chi connectivity index (χ4v) is 5.15. The van der Waals surface area contributed by atoms with Crippen molar-refractivity contribution in [2.75, 3.05) is 0 Å². The molecule has 6 heteroatoms. The van der Waals surface area contributed by atoms with Crippen molar-refractivity contribution in [1.82, 2.24) is 15.4 Å². The summed E-state index contributed by atoms with van der Waals surface area (Å²) in [6.45, 7) is 15.9. The Hall–Kier alpha value is -0.690. The molecule has 3 N–H and O–H groups in total. The van der Waals surface area contributed by atoms with Crippen LogP contribution in [-0.2, 0) is 4.79 Å². The van der Waals surface area contributed by atoms with Gasteiger partial charge in [0.2, 0.25) is 5.91 Å². The normalized spacial score (nSPS) is 30.2. The van der Waals surface area contributed by atoms with Gasteiger partial charge in [0.15, 0.2) is 0 Å². The number of carbonyl (C=O) groups excluding carboxylic acids is 1. The minimum atomic E-state index is -0.434. The number of hydrogen-bond acceptors (Lipinski definition) is 5. The molecule has 0 aromatic heterocycles. The summed E-state index contributed by atoms with van der Waals surface area (Å²) < 4.78 is 0. The Labute approximate surface area is 152 Å². The van der Waals surface area contributed by atoms with E-state index in [0.717, 1.165) is 0 Å². The van der Waals surface area contributed by atoms with Crippen LogP contribution >= 0.6 is 0 Å². The smallest absolute Gasteiger partial charge is 0.223 e. The third kappa shape index (κ3) is 4.02. The van der Waals surface area contributed by atoms with Crippen molar-refractivity contribution >= 4 is 5.91 Å². The van der Waals surface area contributed by atoms with Crippen LogP contribution in [0.5, 0.6) is 0 Å². The third-order valence-electron chi connectivity index (χ3n) is 5.99. The van der Waals surface area contributed by atoms with Gasteiger partial charge in [-0.1, -0.05) is 0 Å². The van der Waals surface area contributed by atoms with E-state index in [4.69, 9.17) is 0 Å². The first-order valence-electron chi connectivity index (χ1n) is 9.37. The lowest BCUT2D eigenvalue weighted by Crippen LogP contribution is -2.64. The van der Waals surface area contributed by atoms with Gasteiger partial charge in [0, 0.05) is 34.1 Å². The van der Waals surface area contributed by atoms with Crippen molar-refractivity contribution in [3.63, 3.8) is 0 Å². The molecule has 2 saturated heterocycles. The van der Waals surface area contributed by atoms with E-state index >= 15 is 0 Å². The predicted molar refractivity (Wildman–Crippen MR) is 97.5 cm³/mol. The predicted octanol–water partition coefficient (Wildman–Crippen LogP) is 3.17. The van der Waals surface area contributed by atoms with Crippen molar-refractivity contribution < 1.29 is 15.2 Å².